The summed E-state index contributed by atoms with van der Waals surface area (Å²) in [6.45, 7) is 9.43. The first-order chi connectivity index (χ1) is 13.3. The van der Waals surface area contributed by atoms with Crippen LogP contribution in [0.3, 0.4) is 0 Å². The summed E-state index contributed by atoms with van der Waals surface area (Å²) in [6, 6.07) is 0.294. The van der Waals surface area contributed by atoms with E-state index in [4.69, 9.17) is 18.0 Å². The van der Waals surface area contributed by atoms with Gasteiger partial charge in [0.15, 0.2) is 10.8 Å². The number of hydrogen-bond donors (Lipinski definition) is 3. The lowest BCUT2D eigenvalue weighted by atomic mass is 9.86. The second kappa shape index (κ2) is 10.1. The molecule has 1 heterocycles. The van der Waals surface area contributed by atoms with Crippen molar-refractivity contribution in [1.82, 2.24) is 14.9 Å². The van der Waals surface area contributed by atoms with E-state index in [1.807, 2.05) is 6.92 Å². The maximum atomic E-state index is 12.7. The zero-order chi connectivity index (χ0) is 20.8. The lowest BCUT2D eigenvalue weighted by molar-refractivity contribution is 0.308. The van der Waals surface area contributed by atoms with Crippen molar-refractivity contribution in [1.29, 1.82) is 0 Å². The predicted molar refractivity (Wildman–Crippen MR) is 120 cm³/mol. The van der Waals surface area contributed by atoms with Gasteiger partial charge in [0.05, 0.1) is 0 Å². The molecule has 1 aromatic rings. The lowest BCUT2D eigenvalue weighted by Crippen LogP contribution is -2.51. The fourth-order valence-electron chi connectivity index (χ4n) is 3.78. The first-order valence-electron chi connectivity index (χ1n) is 10.5. The normalized spacial score (nSPS) is 19.6. The van der Waals surface area contributed by atoms with E-state index in [2.05, 4.69) is 31.1 Å². The van der Waals surface area contributed by atoms with Crippen molar-refractivity contribution in [2.24, 2.45) is 11.8 Å². The van der Waals surface area contributed by atoms with Crippen LogP contribution in [-0.4, -0.2) is 27.3 Å². The average molecular weight is 410 g/mol. The Kier molecular flexibility index (Phi) is 8.10. The number of aromatic nitrogens is 2. The molecule has 28 heavy (non-hydrogen) atoms. The van der Waals surface area contributed by atoms with E-state index < -0.39 is 11.2 Å². The summed E-state index contributed by atoms with van der Waals surface area (Å²) in [5, 5.41) is 3.97. The predicted octanol–water partition coefficient (Wildman–Crippen LogP) is 2.83. The Hall–Kier alpha value is -1.83. The number of rotatable bonds is 7. The third-order valence-electron chi connectivity index (χ3n) is 5.43. The molecule has 1 aliphatic carbocycles. The van der Waals surface area contributed by atoms with Crippen LogP contribution >= 0.6 is 12.2 Å². The number of hydrogen-bond acceptors (Lipinski definition) is 4. The summed E-state index contributed by atoms with van der Waals surface area (Å²) >= 11 is 5.71. The molecule has 1 saturated carbocycles. The van der Waals surface area contributed by atoms with Crippen molar-refractivity contribution in [2.45, 2.75) is 78.8 Å². The van der Waals surface area contributed by atoms with Crippen LogP contribution in [0.4, 0.5) is 11.5 Å². The van der Waals surface area contributed by atoms with Crippen LogP contribution in [0, 0.1) is 11.8 Å². The van der Waals surface area contributed by atoms with E-state index in [9.17, 15) is 9.59 Å². The van der Waals surface area contributed by atoms with E-state index >= 15 is 0 Å². The van der Waals surface area contributed by atoms with Crippen molar-refractivity contribution >= 4 is 28.8 Å². The molecular weight excluding hydrogens is 374 g/mol. The molecule has 158 valence electrons. The Bertz CT molecular complexity index is 786. The van der Waals surface area contributed by atoms with Gasteiger partial charge in [0.1, 0.15) is 5.82 Å². The highest BCUT2D eigenvalue weighted by molar-refractivity contribution is 7.80. The molecular formula is C20H35N5O2S. The van der Waals surface area contributed by atoms with Gasteiger partial charge in [-0.05, 0) is 43.3 Å². The Morgan fingerprint density at radius 2 is 2.04 bits per heavy atom. The Morgan fingerprint density at radius 3 is 2.64 bits per heavy atom. The molecule has 0 saturated heterocycles. The summed E-state index contributed by atoms with van der Waals surface area (Å²) in [5.41, 5.74) is 5.63. The van der Waals surface area contributed by atoms with E-state index in [-0.39, 0.29) is 17.4 Å². The topological polar surface area (TPSA) is 96.2 Å². The first kappa shape index (κ1) is 22.5. The quantitative estimate of drug-likeness (QED) is 0.599. The minimum atomic E-state index is -0.489. The monoisotopic (exact) mass is 409 g/mol. The standard InChI is InChI=1S/C20H35N5O2S/c1-5-6-11-24-17(21)16(18(26)23-19(24)27)25(12-13(2)3)20(28)22-15-10-8-7-9-14(15)4/h13-15H,5-12,21H2,1-4H3,(H,22,28)(H,23,26,27)/t14-,15-/m1/s1. The summed E-state index contributed by atoms with van der Waals surface area (Å²) in [4.78, 5) is 29.1. The minimum Gasteiger partial charge on any atom is -0.383 e. The number of H-pyrrole nitrogens is 1. The van der Waals surface area contributed by atoms with Crippen LogP contribution < -0.4 is 27.2 Å². The number of thiocarbonyl (C=S) groups is 1. The second-order valence-corrected chi connectivity index (χ2v) is 8.71. The molecule has 0 unspecified atom stereocenters. The van der Waals surface area contributed by atoms with Gasteiger partial charge in [-0.25, -0.2) is 4.79 Å². The SMILES string of the molecule is CCCCn1c(N)c(N(CC(C)C)C(=S)N[C@@H]2CCCC[C@H]2C)c(=O)[nH]c1=O. The molecule has 2 rings (SSSR count). The molecule has 2 atom stereocenters. The zero-order valence-corrected chi connectivity index (χ0v) is 18.4. The van der Waals surface area contributed by atoms with Crippen molar-refractivity contribution in [3.8, 4) is 0 Å². The fraction of sp³-hybridized carbons (Fsp3) is 0.750. The van der Waals surface area contributed by atoms with E-state index in [0.29, 0.717) is 30.2 Å². The summed E-state index contributed by atoms with van der Waals surface area (Å²) in [6.07, 6.45) is 6.40. The van der Waals surface area contributed by atoms with Crippen molar-refractivity contribution in [3.05, 3.63) is 20.8 Å². The van der Waals surface area contributed by atoms with E-state index in [0.717, 1.165) is 19.3 Å². The maximum Gasteiger partial charge on any atom is 0.330 e. The van der Waals surface area contributed by atoms with Crippen LogP contribution in [-0.2, 0) is 6.54 Å². The lowest BCUT2D eigenvalue weighted by Gasteiger charge is -2.35. The minimum absolute atomic E-state index is 0.184. The smallest absolute Gasteiger partial charge is 0.330 e. The van der Waals surface area contributed by atoms with E-state index in [1.54, 1.807) is 4.90 Å². The molecule has 0 amide bonds. The summed E-state index contributed by atoms with van der Waals surface area (Å²) in [5.74, 6) is 0.976. The Labute approximate surface area is 172 Å². The van der Waals surface area contributed by atoms with Crippen molar-refractivity contribution in [2.75, 3.05) is 17.2 Å². The molecule has 1 aromatic heterocycles. The van der Waals surface area contributed by atoms with Gasteiger partial charge in [-0.15, -0.1) is 0 Å². The van der Waals surface area contributed by atoms with Gasteiger partial charge >= 0.3 is 5.69 Å². The molecule has 0 aliphatic heterocycles. The van der Waals surface area contributed by atoms with Crippen LogP contribution in [0.5, 0.6) is 0 Å². The summed E-state index contributed by atoms with van der Waals surface area (Å²) in [7, 11) is 0. The third-order valence-corrected chi connectivity index (χ3v) is 5.77. The van der Waals surface area contributed by atoms with Gasteiger partial charge in [-0.1, -0.05) is 47.0 Å². The Balaban J connectivity index is 2.40. The highest BCUT2D eigenvalue weighted by Crippen LogP contribution is 2.25. The summed E-state index contributed by atoms with van der Waals surface area (Å²) < 4.78 is 1.44. The highest BCUT2D eigenvalue weighted by atomic mass is 32.1. The van der Waals surface area contributed by atoms with Gasteiger partial charge in [0, 0.05) is 19.1 Å². The number of nitrogens with one attached hydrogen (secondary N) is 2. The van der Waals surface area contributed by atoms with Crippen LogP contribution in [0.25, 0.3) is 0 Å². The largest absolute Gasteiger partial charge is 0.383 e. The number of aromatic amines is 1. The van der Waals surface area contributed by atoms with Gasteiger partial charge in [-0.3, -0.25) is 14.3 Å². The number of nitrogen functional groups attached to an aromatic ring is 1. The van der Waals surface area contributed by atoms with Gasteiger partial charge in [0.2, 0.25) is 0 Å². The van der Waals surface area contributed by atoms with E-state index in [1.165, 1.54) is 23.8 Å². The fourth-order valence-corrected chi connectivity index (χ4v) is 4.10. The molecule has 7 nitrogen and oxygen atoms in total. The first-order valence-corrected chi connectivity index (χ1v) is 10.9. The molecule has 0 radical (unpaired) electrons. The van der Waals surface area contributed by atoms with Gasteiger partial charge < -0.3 is 16.0 Å². The number of nitrogens with zero attached hydrogens (tertiary/aromatic N) is 2. The number of nitrogens with two attached hydrogens (primary N) is 1. The van der Waals surface area contributed by atoms with Crippen LogP contribution in [0.1, 0.15) is 66.2 Å². The molecule has 4 N–H and O–H groups in total. The maximum absolute atomic E-state index is 12.7. The molecule has 1 aliphatic rings. The van der Waals surface area contributed by atoms with Crippen LogP contribution in [0.2, 0.25) is 0 Å². The molecule has 0 spiro atoms. The van der Waals surface area contributed by atoms with Crippen molar-refractivity contribution in [3.63, 3.8) is 0 Å². The number of unbranched alkanes of at least 4 members (excludes halogenated alkanes) is 1. The average Bonchev–Trinajstić information content (AvgIpc) is 2.62. The highest BCUT2D eigenvalue weighted by Gasteiger charge is 2.27. The zero-order valence-electron chi connectivity index (χ0n) is 17.6. The van der Waals surface area contributed by atoms with Crippen molar-refractivity contribution < 1.29 is 0 Å². The molecule has 8 heteroatoms. The number of anilines is 2. The van der Waals surface area contributed by atoms with Gasteiger partial charge in [-0.2, -0.15) is 0 Å². The molecule has 1 fully saturated rings. The third kappa shape index (κ3) is 5.37. The molecule has 0 bridgehead atoms. The molecule has 0 aromatic carbocycles. The second-order valence-electron chi connectivity index (χ2n) is 8.32. The van der Waals surface area contributed by atoms with Crippen LogP contribution in [0.15, 0.2) is 9.59 Å². The van der Waals surface area contributed by atoms with Gasteiger partial charge in [0.25, 0.3) is 5.56 Å². The Morgan fingerprint density at radius 1 is 1.36 bits per heavy atom.